The molecule has 1 heterocycles. The van der Waals surface area contributed by atoms with Gasteiger partial charge < -0.3 is 19.9 Å². The first-order valence-corrected chi connectivity index (χ1v) is 12.1. The maximum Gasteiger partial charge on any atom is 0.258 e. The molecule has 0 saturated carbocycles. The van der Waals surface area contributed by atoms with E-state index in [1.54, 1.807) is 11.6 Å². The van der Waals surface area contributed by atoms with Crippen molar-refractivity contribution in [1.82, 2.24) is 20.1 Å². The van der Waals surface area contributed by atoms with Crippen LogP contribution < -0.4 is 15.4 Å². The van der Waals surface area contributed by atoms with Crippen LogP contribution in [0.5, 0.6) is 5.75 Å². The SMILES string of the molecule is Cc1ccc(C)c(NC(=O)CSc2nnc(CNC(=O)COc3ccc(C(C)C)cc3)n2C)c1. The zero-order chi connectivity index (χ0) is 24.7. The van der Waals surface area contributed by atoms with Crippen molar-refractivity contribution in [3.05, 3.63) is 65.0 Å². The molecule has 0 atom stereocenters. The summed E-state index contributed by atoms with van der Waals surface area (Å²) in [5.74, 6) is 1.52. The van der Waals surface area contributed by atoms with Crippen molar-refractivity contribution in [3.8, 4) is 5.75 Å². The van der Waals surface area contributed by atoms with E-state index in [0.29, 0.717) is 22.6 Å². The highest BCUT2D eigenvalue weighted by molar-refractivity contribution is 7.99. The Bertz CT molecular complexity index is 1140. The Morgan fingerprint density at radius 3 is 2.50 bits per heavy atom. The molecule has 2 N–H and O–H groups in total. The fourth-order valence-electron chi connectivity index (χ4n) is 3.14. The Morgan fingerprint density at radius 1 is 1.06 bits per heavy atom. The van der Waals surface area contributed by atoms with E-state index in [4.69, 9.17) is 4.74 Å². The lowest BCUT2D eigenvalue weighted by atomic mass is 10.0. The van der Waals surface area contributed by atoms with Crippen LogP contribution in [0.15, 0.2) is 47.6 Å². The largest absolute Gasteiger partial charge is 0.484 e. The van der Waals surface area contributed by atoms with Crippen molar-refractivity contribution in [2.45, 2.75) is 45.3 Å². The molecule has 9 heteroatoms. The van der Waals surface area contributed by atoms with Crippen molar-refractivity contribution in [2.24, 2.45) is 7.05 Å². The second-order valence-corrected chi connectivity index (χ2v) is 9.34. The van der Waals surface area contributed by atoms with Crippen LogP contribution in [0.1, 0.15) is 42.3 Å². The molecule has 0 saturated heterocycles. The molecule has 3 rings (SSSR count). The third-order valence-electron chi connectivity index (χ3n) is 5.28. The van der Waals surface area contributed by atoms with Gasteiger partial charge in [0.2, 0.25) is 5.91 Å². The fourth-order valence-corrected chi connectivity index (χ4v) is 3.87. The smallest absolute Gasteiger partial charge is 0.258 e. The second-order valence-electron chi connectivity index (χ2n) is 8.40. The Morgan fingerprint density at radius 2 is 1.79 bits per heavy atom. The molecule has 0 unspecified atom stereocenters. The van der Waals surface area contributed by atoms with Gasteiger partial charge in [-0.3, -0.25) is 9.59 Å². The zero-order valence-electron chi connectivity index (χ0n) is 20.2. The first-order valence-electron chi connectivity index (χ1n) is 11.1. The summed E-state index contributed by atoms with van der Waals surface area (Å²) in [6.45, 7) is 8.33. The van der Waals surface area contributed by atoms with Crippen LogP contribution in [-0.2, 0) is 23.2 Å². The molecule has 180 valence electrons. The van der Waals surface area contributed by atoms with E-state index in [2.05, 4.69) is 34.7 Å². The van der Waals surface area contributed by atoms with Crippen LogP contribution in [0.4, 0.5) is 5.69 Å². The molecule has 1 aromatic heterocycles. The first kappa shape index (κ1) is 25.3. The summed E-state index contributed by atoms with van der Waals surface area (Å²) in [5.41, 5.74) is 4.13. The lowest BCUT2D eigenvalue weighted by Gasteiger charge is -2.10. The lowest BCUT2D eigenvalue weighted by Crippen LogP contribution is -2.29. The Hall–Kier alpha value is -3.33. The van der Waals surface area contributed by atoms with Gasteiger partial charge in [0.15, 0.2) is 17.6 Å². The minimum atomic E-state index is -0.252. The zero-order valence-corrected chi connectivity index (χ0v) is 21.0. The first-order chi connectivity index (χ1) is 16.2. The normalized spacial score (nSPS) is 10.9. The molecule has 0 aliphatic carbocycles. The van der Waals surface area contributed by atoms with E-state index in [1.807, 2.05) is 56.3 Å². The molecule has 0 aliphatic rings. The quantitative estimate of drug-likeness (QED) is 0.425. The number of nitrogens with one attached hydrogen (secondary N) is 2. The second kappa shape index (κ2) is 11.7. The van der Waals surface area contributed by atoms with E-state index < -0.39 is 0 Å². The van der Waals surface area contributed by atoms with Gasteiger partial charge in [-0.1, -0.05) is 49.9 Å². The highest BCUT2D eigenvalue weighted by atomic mass is 32.2. The number of amides is 2. The number of nitrogens with zero attached hydrogens (tertiary/aromatic N) is 3. The summed E-state index contributed by atoms with van der Waals surface area (Å²) in [6, 6.07) is 13.7. The van der Waals surface area contributed by atoms with Gasteiger partial charge >= 0.3 is 0 Å². The van der Waals surface area contributed by atoms with Crippen molar-refractivity contribution in [1.29, 1.82) is 0 Å². The predicted molar refractivity (Wildman–Crippen MR) is 134 cm³/mol. The van der Waals surface area contributed by atoms with E-state index in [-0.39, 0.29) is 30.7 Å². The molecule has 0 aliphatic heterocycles. The van der Waals surface area contributed by atoms with Crippen LogP contribution in [0.2, 0.25) is 0 Å². The summed E-state index contributed by atoms with van der Waals surface area (Å²) in [5, 5.41) is 14.6. The standard InChI is InChI=1S/C25H31N5O3S/c1-16(2)19-8-10-20(11-9-19)33-14-23(31)26-13-22-28-29-25(30(22)5)34-15-24(32)27-21-12-17(3)6-7-18(21)4/h6-12,16H,13-15H2,1-5H3,(H,26,31)(H,27,32). The van der Waals surface area contributed by atoms with Gasteiger partial charge in [-0.15, -0.1) is 10.2 Å². The van der Waals surface area contributed by atoms with E-state index in [9.17, 15) is 9.59 Å². The summed E-state index contributed by atoms with van der Waals surface area (Å²) in [4.78, 5) is 24.5. The monoisotopic (exact) mass is 481 g/mol. The van der Waals surface area contributed by atoms with Gasteiger partial charge in [0, 0.05) is 12.7 Å². The maximum atomic E-state index is 12.4. The predicted octanol–water partition coefficient (Wildman–Crippen LogP) is 3.98. The number of rotatable bonds is 10. The number of ether oxygens (including phenoxy) is 1. The molecule has 3 aromatic rings. The van der Waals surface area contributed by atoms with Crippen molar-refractivity contribution >= 4 is 29.3 Å². The van der Waals surface area contributed by atoms with Gasteiger partial charge in [0.1, 0.15) is 5.75 Å². The topological polar surface area (TPSA) is 98.1 Å². The molecular weight excluding hydrogens is 450 g/mol. The molecule has 0 bridgehead atoms. The number of hydrogen-bond acceptors (Lipinski definition) is 6. The molecule has 2 amide bonds. The maximum absolute atomic E-state index is 12.4. The molecule has 0 radical (unpaired) electrons. The van der Waals surface area contributed by atoms with Crippen LogP contribution in [0.3, 0.4) is 0 Å². The van der Waals surface area contributed by atoms with Crippen molar-refractivity contribution in [3.63, 3.8) is 0 Å². The third kappa shape index (κ3) is 7.08. The van der Waals surface area contributed by atoms with Gasteiger partial charge in [-0.25, -0.2) is 0 Å². The highest BCUT2D eigenvalue weighted by Gasteiger charge is 2.13. The summed E-state index contributed by atoms with van der Waals surface area (Å²) in [7, 11) is 1.80. The number of aromatic nitrogens is 3. The molecule has 8 nitrogen and oxygen atoms in total. The highest BCUT2D eigenvalue weighted by Crippen LogP contribution is 2.20. The number of aryl methyl sites for hydroxylation is 2. The Labute approximate surface area is 204 Å². The number of carbonyl (C=O) groups excluding carboxylic acids is 2. The number of benzene rings is 2. The molecule has 0 fully saturated rings. The summed E-state index contributed by atoms with van der Waals surface area (Å²) < 4.78 is 7.32. The average Bonchev–Trinajstić information content (AvgIpc) is 3.16. The third-order valence-corrected chi connectivity index (χ3v) is 6.31. The van der Waals surface area contributed by atoms with Crippen LogP contribution >= 0.6 is 11.8 Å². The van der Waals surface area contributed by atoms with Crippen molar-refractivity contribution < 1.29 is 14.3 Å². The van der Waals surface area contributed by atoms with E-state index >= 15 is 0 Å². The van der Waals surface area contributed by atoms with Gasteiger partial charge in [0.05, 0.1) is 12.3 Å². The van der Waals surface area contributed by atoms with Gasteiger partial charge in [-0.05, 0) is 54.7 Å². The van der Waals surface area contributed by atoms with Gasteiger partial charge in [-0.2, -0.15) is 0 Å². The molecule has 34 heavy (non-hydrogen) atoms. The number of hydrogen-bond donors (Lipinski definition) is 2. The fraction of sp³-hybridized carbons (Fsp3) is 0.360. The molecule has 0 spiro atoms. The van der Waals surface area contributed by atoms with Crippen LogP contribution in [0, 0.1) is 13.8 Å². The summed E-state index contributed by atoms with van der Waals surface area (Å²) >= 11 is 1.29. The average molecular weight is 482 g/mol. The van der Waals surface area contributed by atoms with E-state index in [1.165, 1.54) is 17.3 Å². The van der Waals surface area contributed by atoms with Crippen molar-refractivity contribution in [2.75, 3.05) is 17.7 Å². The molecule has 2 aromatic carbocycles. The minimum absolute atomic E-state index is 0.0843. The number of thioether (sulfide) groups is 1. The van der Waals surface area contributed by atoms with Crippen LogP contribution in [-0.4, -0.2) is 38.9 Å². The van der Waals surface area contributed by atoms with Gasteiger partial charge in [0.25, 0.3) is 5.91 Å². The number of carbonyl (C=O) groups is 2. The van der Waals surface area contributed by atoms with E-state index in [0.717, 1.165) is 16.8 Å². The lowest BCUT2D eigenvalue weighted by molar-refractivity contribution is -0.123. The Kier molecular flexibility index (Phi) is 8.70. The summed E-state index contributed by atoms with van der Waals surface area (Å²) in [6.07, 6.45) is 0. The number of anilines is 1. The van der Waals surface area contributed by atoms with Crippen LogP contribution in [0.25, 0.3) is 0 Å². The Balaban J connectivity index is 1.44. The minimum Gasteiger partial charge on any atom is -0.484 e. The molecular formula is C25H31N5O3S.